The van der Waals surface area contributed by atoms with Gasteiger partial charge >= 0.3 is 0 Å². The monoisotopic (exact) mass is 422 g/mol. The summed E-state index contributed by atoms with van der Waals surface area (Å²) in [4.78, 5) is 25.6. The molecule has 32 heavy (non-hydrogen) atoms. The van der Waals surface area contributed by atoms with Crippen LogP contribution in [0.1, 0.15) is 47.1 Å². The van der Waals surface area contributed by atoms with Crippen molar-refractivity contribution < 1.29 is 9.59 Å². The second-order valence-corrected chi connectivity index (χ2v) is 8.84. The van der Waals surface area contributed by atoms with E-state index < -0.39 is 0 Å². The van der Waals surface area contributed by atoms with E-state index in [0.29, 0.717) is 22.5 Å². The van der Waals surface area contributed by atoms with Crippen molar-refractivity contribution in [2.24, 2.45) is 0 Å². The van der Waals surface area contributed by atoms with Crippen LogP contribution >= 0.6 is 0 Å². The Labute approximate surface area is 188 Å². The lowest BCUT2D eigenvalue weighted by molar-refractivity contribution is 0.102. The Morgan fingerprint density at radius 1 is 0.656 bits per heavy atom. The fourth-order valence-electron chi connectivity index (χ4n) is 3.62. The van der Waals surface area contributed by atoms with Crippen molar-refractivity contribution in [2.75, 3.05) is 10.6 Å². The summed E-state index contributed by atoms with van der Waals surface area (Å²) in [5.41, 5.74) is 3.63. The number of benzene rings is 4. The maximum atomic E-state index is 12.9. The standard InChI is InChI=1S/C28H26N2O2/c1-28(2,3)21-16-14-20(15-17-21)26(31)29-22-10-7-11-23(18-22)30-27(32)25-13-6-9-19-8-4-5-12-24(19)25/h4-18H,1-3H3,(H,29,31)(H,30,32). The van der Waals surface area contributed by atoms with Crippen LogP contribution in [0.5, 0.6) is 0 Å². The Morgan fingerprint density at radius 2 is 1.25 bits per heavy atom. The van der Waals surface area contributed by atoms with Crippen LogP contribution in [0.15, 0.2) is 91.0 Å². The largest absolute Gasteiger partial charge is 0.322 e. The van der Waals surface area contributed by atoms with Crippen LogP contribution in [-0.2, 0) is 5.41 Å². The van der Waals surface area contributed by atoms with Gasteiger partial charge in [0.15, 0.2) is 0 Å². The van der Waals surface area contributed by atoms with Crippen LogP contribution in [0, 0.1) is 0 Å². The molecule has 2 amide bonds. The Kier molecular flexibility index (Phi) is 5.78. The van der Waals surface area contributed by atoms with Crippen LogP contribution in [-0.4, -0.2) is 11.8 Å². The van der Waals surface area contributed by atoms with Gasteiger partial charge in [-0.05, 0) is 58.1 Å². The third-order valence-electron chi connectivity index (χ3n) is 5.43. The van der Waals surface area contributed by atoms with Gasteiger partial charge in [-0.2, -0.15) is 0 Å². The van der Waals surface area contributed by atoms with E-state index in [1.54, 1.807) is 24.3 Å². The van der Waals surface area contributed by atoms with E-state index in [2.05, 4.69) is 31.4 Å². The number of carbonyl (C=O) groups excluding carboxylic acids is 2. The molecule has 0 atom stereocenters. The molecule has 0 radical (unpaired) electrons. The minimum absolute atomic E-state index is 0.0334. The van der Waals surface area contributed by atoms with Crippen molar-refractivity contribution in [3.63, 3.8) is 0 Å². The molecule has 4 aromatic carbocycles. The van der Waals surface area contributed by atoms with E-state index in [0.717, 1.165) is 10.8 Å². The summed E-state index contributed by atoms with van der Waals surface area (Å²) in [6.45, 7) is 6.42. The van der Waals surface area contributed by atoms with Gasteiger partial charge < -0.3 is 10.6 Å². The van der Waals surface area contributed by atoms with E-state index in [9.17, 15) is 9.59 Å². The molecule has 0 saturated carbocycles. The van der Waals surface area contributed by atoms with Crippen molar-refractivity contribution in [1.29, 1.82) is 0 Å². The molecule has 0 bridgehead atoms. The molecule has 2 N–H and O–H groups in total. The molecule has 0 aliphatic carbocycles. The summed E-state index contributed by atoms with van der Waals surface area (Å²) >= 11 is 0. The normalized spacial score (nSPS) is 11.2. The lowest BCUT2D eigenvalue weighted by Gasteiger charge is -2.19. The summed E-state index contributed by atoms with van der Waals surface area (Å²) in [6.07, 6.45) is 0. The average Bonchev–Trinajstić information content (AvgIpc) is 2.78. The molecular formula is C28H26N2O2. The van der Waals surface area contributed by atoms with Crippen molar-refractivity contribution in [2.45, 2.75) is 26.2 Å². The summed E-state index contributed by atoms with van der Waals surface area (Å²) in [6, 6.07) is 28.3. The predicted molar refractivity (Wildman–Crippen MR) is 131 cm³/mol. The van der Waals surface area contributed by atoms with E-state index >= 15 is 0 Å². The first kappa shape index (κ1) is 21.3. The number of nitrogens with one attached hydrogen (secondary N) is 2. The van der Waals surface area contributed by atoms with Gasteiger partial charge in [-0.3, -0.25) is 9.59 Å². The Bertz CT molecular complexity index is 1280. The minimum Gasteiger partial charge on any atom is -0.322 e. The Hall–Kier alpha value is -3.92. The van der Waals surface area contributed by atoms with Gasteiger partial charge in [-0.25, -0.2) is 0 Å². The van der Waals surface area contributed by atoms with Gasteiger partial charge in [0, 0.05) is 22.5 Å². The molecule has 4 heteroatoms. The molecular weight excluding hydrogens is 396 g/mol. The lowest BCUT2D eigenvalue weighted by atomic mass is 9.87. The molecule has 0 unspecified atom stereocenters. The number of anilines is 2. The van der Waals surface area contributed by atoms with Gasteiger partial charge in [-0.15, -0.1) is 0 Å². The zero-order valence-electron chi connectivity index (χ0n) is 18.5. The maximum absolute atomic E-state index is 12.9. The number of amides is 2. The second-order valence-electron chi connectivity index (χ2n) is 8.84. The van der Waals surface area contributed by atoms with E-state index in [1.165, 1.54) is 5.56 Å². The number of hydrogen-bond donors (Lipinski definition) is 2. The van der Waals surface area contributed by atoms with Crippen molar-refractivity contribution >= 4 is 34.0 Å². The predicted octanol–water partition coefficient (Wildman–Crippen LogP) is 6.64. The van der Waals surface area contributed by atoms with Crippen molar-refractivity contribution in [3.8, 4) is 0 Å². The Balaban J connectivity index is 1.49. The highest BCUT2D eigenvalue weighted by Crippen LogP contribution is 2.24. The molecule has 0 heterocycles. The minimum atomic E-state index is -0.192. The molecule has 4 rings (SSSR count). The number of rotatable bonds is 4. The lowest BCUT2D eigenvalue weighted by Crippen LogP contribution is -2.15. The van der Waals surface area contributed by atoms with Crippen LogP contribution in [0.4, 0.5) is 11.4 Å². The molecule has 0 aromatic heterocycles. The van der Waals surface area contributed by atoms with Gasteiger partial charge in [0.25, 0.3) is 11.8 Å². The topological polar surface area (TPSA) is 58.2 Å². The zero-order valence-corrected chi connectivity index (χ0v) is 18.5. The summed E-state index contributed by atoms with van der Waals surface area (Å²) < 4.78 is 0. The third-order valence-corrected chi connectivity index (χ3v) is 5.43. The van der Waals surface area contributed by atoms with Crippen molar-refractivity contribution in [3.05, 3.63) is 108 Å². The summed E-state index contributed by atoms with van der Waals surface area (Å²) in [5, 5.41) is 7.76. The summed E-state index contributed by atoms with van der Waals surface area (Å²) in [7, 11) is 0. The molecule has 0 fully saturated rings. The van der Waals surface area contributed by atoms with Crippen LogP contribution in [0.25, 0.3) is 10.8 Å². The Morgan fingerprint density at radius 3 is 1.94 bits per heavy atom. The maximum Gasteiger partial charge on any atom is 0.256 e. The number of fused-ring (bicyclic) bond motifs is 1. The SMILES string of the molecule is CC(C)(C)c1ccc(C(=O)Nc2cccc(NC(=O)c3cccc4ccccc34)c2)cc1. The molecule has 0 saturated heterocycles. The molecule has 0 aliphatic rings. The first-order valence-corrected chi connectivity index (χ1v) is 10.6. The first-order chi connectivity index (χ1) is 15.3. The highest BCUT2D eigenvalue weighted by Gasteiger charge is 2.15. The van der Waals surface area contributed by atoms with Gasteiger partial charge in [0.05, 0.1) is 0 Å². The van der Waals surface area contributed by atoms with Crippen LogP contribution < -0.4 is 10.6 Å². The highest BCUT2D eigenvalue weighted by molar-refractivity contribution is 6.13. The third kappa shape index (κ3) is 4.70. The van der Waals surface area contributed by atoms with Gasteiger partial charge in [-0.1, -0.05) is 75.4 Å². The molecule has 0 spiro atoms. The zero-order chi connectivity index (χ0) is 22.7. The summed E-state index contributed by atoms with van der Waals surface area (Å²) in [5.74, 6) is -0.383. The average molecular weight is 423 g/mol. The van der Waals surface area contributed by atoms with Crippen LogP contribution in [0.2, 0.25) is 0 Å². The van der Waals surface area contributed by atoms with Gasteiger partial charge in [0.2, 0.25) is 0 Å². The fourth-order valence-corrected chi connectivity index (χ4v) is 3.62. The smallest absolute Gasteiger partial charge is 0.256 e. The second kappa shape index (κ2) is 8.67. The number of hydrogen-bond acceptors (Lipinski definition) is 2. The highest BCUT2D eigenvalue weighted by atomic mass is 16.2. The van der Waals surface area contributed by atoms with E-state index in [-0.39, 0.29) is 17.2 Å². The molecule has 4 aromatic rings. The van der Waals surface area contributed by atoms with Crippen LogP contribution in [0.3, 0.4) is 0 Å². The van der Waals surface area contributed by atoms with E-state index in [1.807, 2.05) is 66.7 Å². The number of carbonyl (C=O) groups is 2. The van der Waals surface area contributed by atoms with Crippen molar-refractivity contribution in [1.82, 2.24) is 0 Å². The molecule has 160 valence electrons. The quantitative estimate of drug-likeness (QED) is 0.387. The molecule has 4 nitrogen and oxygen atoms in total. The first-order valence-electron chi connectivity index (χ1n) is 10.6. The van der Waals surface area contributed by atoms with E-state index in [4.69, 9.17) is 0 Å². The van der Waals surface area contributed by atoms with Gasteiger partial charge in [0.1, 0.15) is 0 Å². The molecule has 0 aliphatic heterocycles. The fraction of sp³-hybridized carbons (Fsp3) is 0.143.